The maximum Gasteiger partial charge on any atom is 0.264 e. The van der Waals surface area contributed by atoms with Crippen LogP contribution >= 0.6 is 43.6 Å². The Morgan fingerprint density at radius 2 is 1.81 bits per heavy atom. The zero-order chi connectivity index (χ0) is 22.7. The molecule has 3 aromatic rings. The van der Waals surface area contributed by atoms with Gasteiger partial charge in [-0.2, -0.15) is 0 Å². The predicted octanol–water partition coefficient (Wildman–Crippen LogP) is 7.13. The van der Waals surface area contributed by atoms with Crippen LogP contribution in [0, 0.1) is 12.7 Å². The Bertz CT molecular complexity index is 1220. The summed E-state index contributed by atoms with van der Waals surface area (Å²) in [6.45, 7) is 2.24. The Labute approximate surface area is 206 Å². The number of nitrogens with zero attached hydrogens (tertiary/aromatic N) is 1. The molecule has 3 aromatic carbocycles. The fourth-order valence-electron chi connectivity index (χ4n) is 2.95. The van der Waals surface area contributed by atoms with Crippen LogP contribution < -0.4 is 10.1 Å². The highest BCUT2D eigenvalue weighted by Crippen LogP contribution is 2.37. The lowest BCUT2D eigenvalue weighted by atomic mass is 10.2. The average molecular weight is 576 g/mol. The molecule has 4 nitrogen and oxygen atoms in total. The van der Waals surface area contributed by atoms with E-state index in [1.807, 2.05) is 43.3 Å². The minimum Gasteiger partial charge on any atom is -0.487 e. The number of hydrogen-bond acceptors (Lipinski definition) is 4. The van der Waals surface area contributed by atoms with E-state index in [4.69, 9.17) is 4.74 Å². The standard InChI is InChI=1S/C24H17Br2FN2O2S/c1-14-5-7-18(8-6-14)28-24-29-23(30)21(32-24)12-16-10-19(25)22(20(26)11-16)31-13-15-3-2-4-17(27)9-15/h2-12H,13H2,1H3,(H,28,29,30)/b21-12+. The van der Waals surface area contributed by atoms with Gasteiger partial charge in [-0.05, 0) is 104 Å². The van der Waals surface area contributed by atoms with Gasteiger partial charge < -0.3 is 10.1 Å². The van der Waals surface area contributed by atoms with Crippen LogP contribution in [0.1, 0.15) is 16.7 Å². The summed E-state index contributed by atoms with van der Waals surface area (Å²) in [4.78, 5) is 17.4. The van der Waals surface area contributed by atoms with Crippen molar-refractivity contribution < 1.29 is 13.9 Å². The molecule has 1 aliphatic rings. The molecule has 4 rings (SSSR count). The van der Waals surface area contributed by atoms with Crippen LogP contribution in [0.25, 0.3) is 6.08 Å². The lowest BCUT2D eigenvalue weighted by molar-refractivity contribution is -0.115. The number of ether oxygens (including phenoxy) is 1. The molecule has 32 heavy (non-hydrogen) atoms. The Kier molecular flexibility index (Phi) is 7.13. The van der Waals surface area contributed by atoms with E-state index in [0.29, 0.717) is 24.8 Å². The van der Waals surface area contributed by atoms with Gasteiger partial charge in [0.1, 0.15) is 18.2 Å². The third-order valence-electron chi connectivity index (χ3n) is 4.51. The number of halogens is 3. The number of benzene rings is 3. The second-order valence-electron chi connectivity index (χ2n) is 7.05. The first-order chi connectivity index (χ1) is 15.4. The molecule has 1 heterocycles. The topological polar surface area (TPSA) is 50.7 Å². The van der Waals surface area contributed by atoms with Crippen molar-refractivity contribution in [2.24, 2.45) is 4.99 Å². The third-order valence-corrected chi connectivity index (χ3v) is 6.59. The van der Waals surface area contributed by atoms with E-state index in [1.54, 1.807) is 18.2 Å². The molecule has 0 unspecified atom stereocenters. The van der Waals surface area contributed by atoms with Crippen LogP contribution in [0.15, 0.2) is 79.5 Å². The van der Waals surface area contributed by atoms with Gasteiger partial charge in [0.25, 0.3) is 5.91 Å². The van der Waals surface area contributed by atoms with Crippen molar-refractivity contribution in [1.82, 2.24) is 5.32 Å². The molecule has 0 aromatic heterocycles. The monoisotopic (exact) mass is 574 g/mol. The first kappa shape index (κ1) is 22.8. The van der Waals surface area contributed by atoms with E-state index in [-0.39, 0.29) is 18.3 Å². The van der Waals surface area contributed by atoms with E-state index < -0.39 is 0 Å². The number of nitrogens with one attached hydrogen (secondary N) is 1. The summed E-state index contributed by atoms with van der Waals surface area (Å²) >= 11 is 8.34. The van der Waals surface area contributed by atoms with Gasteiger partial charge in [-0.15, -0.1) is 0 Å². The molecule has 162 valence electrons. The number of rotatable bonds is 5. The zero-order valence-electron chi connectivity index (χ0n) is 16.9. The second kappa shape index (κ2) is 10.0. The van der Waals surface area contributed by atoms with Crippen molar-refractivity contribution in [3.63, 3.8) is 0 Å². The Hall–Kier alpha value is -2.42. The van der Waals surface area contributed by atoms with Crippen molar-refractivity contribution in [3.05, 3.63) is 97.0 Å². The molecule has 0 spiro atoms. The summed E-state index contributed by atoms with van der Waals surface area (Å²) in [5.74, 6) is 0.102. The number of carbonyl (C=O) groups is 1. The summed E-state index contributed by atoms with van der Waals surface area (Å²) in [6.07, 6.45) is 1.80. The Balaban J connectivity index is 1.50. The van der Waals surface area contributed by atoms with Gasteiger partial charge in [0, 0.05) is 0 Å². The highest BCUT2D eigenvalue weighted by molar-refractivity contribution is 9.11. The molecule has 1 fully saturated rings. The molecule has 0 radical (unpaired) electrons. The number of carbonyl (C=O) groups excluding carboxylic acids is 1. The highest BCUT2D eigenvalue weighted by atomic mass is 79.9. The van der Waals surface area contributed by atoms with Crippen molar-refractivity contribution >= 4 is 66.5 Å². The van der Waals surface area contributed by atoms with Gasteiger partial charge in [-0.25, -0.2) is 9.38 Å². The van der Waals surface area contributed by atoms with Crippen LogP contribution in [0.2, 0.25) is 0 Å². The summed E-state index contributed by atoms with van der Waals surface area (Å²) in [5, 5.41) is 3.34. The molecule has 1 aliphatic heterocycles. The van der Waals surface area contributed by atoms with Crippen molar-refractivity contribution in [2.75, 3.05) is 0 Å². The summed E-state index contributed by atoms with van der Waals surface area (Å²) in [5.41, 5.74) is 3.48. The normalized spacial score (nSPS) is 15.9. The number of amidine groups is 1. The van der Waals surface area contributed by atoms with Crippen molar-refractivity contribution in [2.45, 2.75) is 13.5 Å². The number of hydrogen-bond donors (Lipinski definition) is 1. The van der Waals surface area contributed by atoms with Crippen LogP contribution in [-0.4, -0.2) is 11.1 Å². The van der Waals surface area contributed by atoms with Gasteiger partial charge in [0.05, 0.1) is 19.5 Å². The van der Waals surface area contributed by atoms with E-state index in [9.17, 15) is 9.18 Å². The molecular weight excluding hydrogens is 559 g/mol. The molecule has 8 heteroatoms. The SMILES string of the molecule is Cc1ccc(N=C2NC(=O)/C(=C\c3cc(Br)c(OCc4cccc(F)c4)c(Br)c3)S2)cc1. The van der Waals surface area contributed by atoms with Crippen molar-refractivity contribution in [1.29, 1.82) is 0 Å². The van der Waals surface area contributed by atoms with E-state index in [1.165, 1.54) is 23.9 Å². The summed E-state index contributed by atoms with van der Waals surface area (Å²) in [6, 6.07) is 17.8. The lowest BCUT2D eigenvalue weighted by Gasteiger charge is -2.11. The molecule has 0 saturated carbocycles. The Morgan fingerprint density at radius 3 is 2.50 bits per heavy atom. The fraction of sp³-hybridized carbons (Fsp3) is 0.0833. The van der Waals surface area contributed by atoms with Crippen LogP contribution in [0.4, 0.5) is 10.1 Å². The third kappa shape index (κ3) is 5.68. The molecule has 0 atom stereocenters. The number of aryl methyl sites for hydroxylation is 1. The molecule has 1 saturated heterocycles. The van der Waals surface area contributed by atoms with E-state index >= 15 is 0 Å². The van der Waals surface area contributed by atoms with Crippen LogP contribution in [-0.2, 0) is 11.4 Å². The summed E-state index contributed by atoms with van der Waals surface area (Å²) in [7, 11) is 0. The van der Waals surface area contributed by atoms with Gasteiger partial charge in [-0.3, -0.25) is 4.79 Å². The van der Waals surface area contributed by atoms with Crippen molar-refractivity contribution in [3.8, 4) is 5.75 Å². The molecular formula is C24H17Br2FN2O2S. The van der Waals surface area contributed by atoms with Gasteiger partial charge >= 0.3 is 0 Å². The predicted molar refractivity (Wildman–Crippen MR) is 135 cm³/mol. The minimum atomic E-state index is -0.302. The van der Waals surface area contributed by atoms with E-state index in [2.05, 4.69) is 42.2 Å². The van der Waals surface area contributed by atoms with Crippen LogP contribution in [0.5, 0.6) is 5.75 Å². The minimum absolute atomic E-state index is 0.195. The largest absolute Gasteiger partial charge is 0.487 e. The second-order valence-corrected chi connectivity index (χ2v) is 9.79. The maximum atomic E-state index is 13.4. The summed E-state index contributed by atoms with van der Waals surface area (Å²) < 4.78 is 20.7. The van der Waals surface area contributed by atoms with E-state index in [0.717, 1.165) is 22.4 Å². The quantitative estimate of drug-likeness (QED) is 0.329. The number of amides is 1. The first-order valence-electron chi connectivity index (χ1n) is 9.60. The van der Waals surface area contributed by atoms with Gasteiger partial charge in [0.15, 0.2) is 5.17 Å². The first-order valence-corrected chi connectivity index (χ1v) is 12.0. The van der Waals surface area contributed by atoms with Gasteiger partial charge in [0.2, 0.25) is 0 Å². The smallest absolute Gasteiger partial charge is 0.264 e. The highest BCUT2D eigenvalue weighted by Gasteiger charge is 2.24. The molecule has 1 amide bonds. The molecule has 0 bridgehead atoms. The average Bonchev–Trinajstić information content (AvgIpc) is 3.08. The molecule has 1 N–H and O–H groups in total. The number of thioether (sulfide) groups is 1. The van der Waals surface area contributed by atoms with Crippen LogP contribution in [0.3, 0.4) is 0 Å². The van der Waals surface area contributed by atoms with Gasteiger partial charge in [-0.1, -0.05) is 29.8 Å². The Morgan fingerprint density at radius 1 is 1.09 bits per heavy atom. The fourth-order valence-corrected chi connectivity index (χ4v) is 5.24. The lowest BCUT2D eigenvalue weighted by Crippen LogP contribution is -2.19. The maximum absolute atomic E-state index is 13.4. The molecule has 0 aliphatic carbocycles. The zero-order valence-corrected chi connectivity index (χ0v) is 20.9. The number of aliphatic imine (C=N–C) groups is 1.